The van der Waals surface area contributed by atoms with E-state index in [4.69, 9.17) is 5.11 Å². The van der Waals surface area contributed by atoms with Gasteiger partial charge in [-0.1, -0.05) is 25.2 Å². The Kier molecular flexibility index (Phi) is 3.91. The highest BCUT2D eigenvalue weighted by molar-refractivity contribution is 7.15. The third kappa shape index (κ3) is 3.55. The van der Waals surface area contributed by atoms with E-state index >= 15 is 0 Å². The number of halogens is 3. The molecule has 0 saturated heterocycles. The fourth-order valence-corrected chi connectivity index (χ4v) is 1.69. The minimum atomic E-state index is -4.56. The van der Waals surface area contributed by atoms with Crippen molar-refractivity contribution in [3.8, 4) is 0 Å². The van der Waals surface area contributed by atoms with E-state index in [-0.39, 0.29) is 22.4 Å². The highest BCUT2D eigenvalue weighted by Gasteiger charge is 2.36. The van der Waals surface area contributed by atoms with Gasteiger partial charge in [-0.15, -0.1) is 10.2 Å². The first-order valence-electron chi connectivity index (χ1n) is 4.62. The average Bonchev–Trinajstić information content (AvgIpc) is 2.60. The SMILES string of the molecule is CC(C)[C@H](Nc1nnc(C(F)(F)F)s1)C(=O)O. The molecule has 9 heteroatoms. The van der Waals surface area contributed by atoms with E-state index in [0.29, 0.717) is 0 Å². The number of nitrogens with zero attached hydrogens (tertiary/aromatic N) is 2. The molecule has 0 aliphatic carbocycles. The lowest BCUT2D eigenvalue weighted by Crippen LogP contribution is -2.34. The Morgan fingerprint density at radius 2 is 2.00 bits per heavy atom. The zero-order chi connectivity index (χ0) is 13.2. The van der Waals surface area contributed by atoms with Gasteiger partial charge in [-0.05, 0) is 5.92 Å². The molecule has 0 radical (unpaired) electrons. The number of nitrogens with one attached hydrogen (secondary N) is 1. The van der Waals surface area contributed by atoms with Gasteiger partial charge in [-0.2, -0.15) is 13.2 Å². The van der Waals surface area contributed by atoms with Crippen molar-refractivity contribution >= 4 is 22.4 Å². The Bertz CT molecular complexity index is 405. The summed E-state index contributed by atoms with van der Waals surface area (Å²) >= 11 is 0.281. The number of carboxylic acid groups (broad SMARTS) is 1. The van der Waals surface area contributed by atoms with Gasteiger partial charge in [0.25, 0.3) is 0 Å². The maximum atomic E-state index is 12.2. The molecular formula is C8H10F3N3O2S. The molecule has 0 saturated carbocycles. The van der Waals surface area contributed by atoms with Crippen LogP contribution in [0.15, 0.2) is 0 Å². The van der Waals surface area contributed by atoms with Crippen LogP contribution in [0.5, 0.6) is 0 Å². The Balaban J connectivity index is 2.81. The zero-order valence-corrected chi connectivity index (χ0v) is 9.76. The molecule has 1 atom stereocenters. The number of aliphatic carboxylic acids is 1. The Hall–Kier alpha value is -1.38. The summed E-state index contributed by atoms with van der Waals surface area (Å²) in [6.45, 7) is 3.27. The molecule has 1 rings (SSSR count). The first kappa shape index (κ1) is 13.7. The summed E-state index contributed by atoms with van der Waals surface area (Å²) in [5.74, 6) is -1.44. The van der Waals surface area contributed by atoms with Crippen molar-refractivity contribution in [3.05, 3.63) is 5.01 Å². The van der Waals surface area contributed by atoms with Crippen LogP contribution in [0.1, 0.15) is 18.9 Å². The second-order valence-electron chi connectivity index (χ2n) is 3.61. The van der Waals surface area contributed by atoms with E-state index < -0.39 is 23.2 Å². The predicted molar refractivity (Wildman–Crippen MR) is 54.8 cm³/mol. The van der Waals surface area contributed by atoms with E-state index in [9.17, 15) is 18.0 Å². The summed E-state index contributed by atoms with van der Waals surface area (Å²) in [6.07, 6.45) is -4.56. The fourth-order valence-electron chi connectivity index (χ4n) is 1.04. The normalized spacial score (nSPS) is 13.8. The van der Waals surface area contributed by atoms with Crippen LogP contribution in [-0.2, 0) is 11.0 Å². The molecule has 0 aliphatic rings. The van der Waals surface area contributed by atoms with Crippen molar-refractivity contribution in [1.29, 1.82) is 0 Å². The summed E-state index contributed by atoms with van der Waals surface area (Å²) in [5, 5.41) is 16.2. The molecule has 0 spiro atoms. The predicted octanol–water partition coefficient (Wildman–Crippen LogP) is 2.08. The molecule has 0 bridgehead atoms. The van der Waals surface area contributed by atoms with Gasteiger partial charge in [0.2, 0.25) is 10.1 Å². The third-order valence-corrected chi connectivity index (χ3v) is 2.78. The van der Waals surface area contributed by atoms with Crippen LogP contribution in [0.2, 0.25) is 0 Å². The zero-order valence-electron chi connectivity index (χ0n) is 8.95. The maximum Gasteiger partial charge on any atom is 0.445 e. The molecule has 0 fully saturated rings. The van der Waals surface area contributed by atoms with Gasteiger partial charge >= 0.3 is 12.1 Å². The quantitative estimate of drug-likeness (QED) is 0.875. The molecule has 0 aliphatic heterocycles. The number of aromatic nitrogens is 2. The lowest BCUT2D eigenvalue weighted by Gasteiger charge is -2.16. The standard InChI is InChI=1S/C8H10F3N3O2S/c1-3(2)4(5(15)16)12-7-14-13-6(17-7)8(9,10)11/h3-4H,1-2H3,(H,12,14)(H,15,16)/t4-/m0/s1. The summed E-state index contributed by atoms with van der Waals surface area (Å²) in [6, 6.07) is -0.996. The number of hydrogen-bond acceptors (Lipinski definition) is 5. The molecule has 2 N–H and O–H groups in total. The first-order valence-corrected chi connectivity index (χ1v) is 5.43. The number of anilines is 1. The molecule has 1 aromatic rings. The van der Waals surface area contributed by atoms with Crippen molar-refractivity contribution in [3.63, 3.8) is 0 Å². The number of rotatable bonds is 4. The molecule has 1 aromatic heterocycles. The van der Waals surface area contributed by atoms with Gasteiger partial charge in [0.15, 0.2) is 0 Å². The van der Waals surface area contributed by atoms with E-state index in [0.717, 1.165) is 0 Å². The first-order chi connectivity index (χ1) is 7.71. The van der Waals surface area contributed by atoms with Crippen molar-refractivity contribution in [2.24, 2.45) is 5.92 Å². The van der Waals surface area contributed by atoms with Gasteiger partial charge in [0.05, 0.1) is 0 Å². The monoisotopic (exact) mass is 269 g/mol. The summed E-state index contributed by atoms with van der Waals surface area (Å²) in [7, 11) is 0. The van der Waals surface area contributed by atoms with Crippen LogP contribution in [-0.4, -0.2) is 27.3 Å². The molecule has 0 unspecified atom stereocenters. The van der Waals surface area contributed by atoms with Crippen LogP contribution in [0.4, 0.5) is 18.3 Å². The fraction of sp³-hybridized carbons (Fsp3) is 0.625. The number of carbonyl (C=O) groups is 1. The van der Waals surface area contributed by atoms with E-state index in [2.05, 4.69) is 15.5 Å². The van der Waals surface area contributed by atoms with Crippen LogP contribution in [0, 0.1) is 5.92 Å². The van der Waals surface area contributed by atoms with Crippen LogP contribution in [0.3, 0.4) is 0 Å². The highest BCUT2D eigenvalue weighted by atomic mass is 32.1. The third-order valence-electron chi connectivity index (χ3n) is 1.88. The van der Waals surface area contributed by atoms with Crippen molar-refractivity contribution in [1.82, 2.24) is 10.2 Å². The number of alkyl halides is 3. The second-order valence-corrected chi connectivity index (χ2v) is 4.59. The second kappa shape index (κ2) is 4.86. The van der Waals surface area contributed by atoms with Gasteiger partial charge in [0.1, 0.15) is 6.04 Å². The summed E-state index contributed by atoms with van der Waals surface area (Å²) < 4.78 is 36.7. The van der Waals surface area contributed by atoms with Crippen LogP contribution < -0.4 is 5.32 Å². The number of hydrogen-bond donors (Lipinski definition) is 2. The Morgan fingerprint density at radius 3 is 2.35 bits per heavy atom. The molecule has 17 heavy (non-hydrogen) atoms. The van der Waals surface area contributed by atoms with Crippen molar-refractivity contribution < 1.29 is 23.1 Å². The molecule has 0 amide bonds. The smallest absolute Gasteiger partial charge is 0.445 e. The van der Waals surface area contributed by atoms with Crippen molar-refractivity contribution in [2.45, 2.75) is 26.1 Å². The van der Waals surface area contributed by atoms with E-state index in [1.807, 2.05) is 0 Å². The summed E-state index contributed by atoms with van der Waals surface area (Å²) in [5.41, 5.74) is 0. The largest absolute Gasteiger partial charge is 0.480 e. The molecule has 96 valence electrons. The molecule has 0 aromatic carbocycles. The topological polar surface area (TPSA) is 75.1 Å². The van der Waals surface area contributed by atoms with Crippen LogP contribution in [0.25, 0.3) is 0 Å². The lowest BCUT2D eigenvalue weighted by atomic mass is 10.1. The number of carboxylic acids is 1. The Labute approximate surface area is 98.7 Å². The minimum Gasteiger partial charge on any atom is -0.480 e. The van der Waals surface area contributed by atoms with Crippen molar-refractivity contribution in [2.75, 3.05) is 5.32 Å². The summed E-state index contributed by atoms with van der Waals surface area (Å²) in [4.78, 5) is 10.8. The molecular weight excluding hydrogens is 259 g/mol. The molecule has 1 heterocycles. The molecule has 5 nitrogen and oxygen atoms in total. The highest BCUT2D eigenvalue weighted by Crippen LogP contribution is 2.33. The van der Waals surface area contributed by atoms with E-state index in [1.165, 1.54) is 0 Å². The maximum absolute atomic E-state index is 12.2. The van der Waals surface area contributed by atoms with Gasteiger partial charge < -0.3 is 10.4 Å². The Morgan fingerprint density at radius 1 is 1.41 bits per heavy atom. The van der Waals surface area contributed by atoms with Gasteiger partial charge in [0, 0.05) is 0 Å². The minimum absolute atomic E-state index is 0.154. The van der Waals surface area contributed by atoms with Gasteiger partial charge in [-0.25, -0.2) is 4.79 Å². The van der Waals surface area contributed by atoms with Crippen LogP contribution >= 0.6 is 11.3 Å². The average molecular weight is 269 g/mol. The van der Waals surface area contributed by atoms with E-state index in [1.54, 1.807) is 13.8 Å². The lowest BCUT2D eigenvalue weighted by molar-refractivity contribution is -0.139. The van der Waals surface area contributed by atoms with Gasteiger partial charge in [-0.3, -0.25) is 0 Å².